The first-order chi connectivity index (χ1) is 9.24. The summed E-state index contributed by atoms with van der Waals surface area (Å²) in [5.74, 6) is 0.619. The summed E-state index contributed by atoms with van der Waals surface area (Å²) in [6.45, 7) is 6.04. The highest BCUT2D eigenvalue weighted by Gasteiger charge is 2.27. The fourth-order valence-electron chi connectivity index (χ4n) is 2.65. The van der Waals surface area contributed by atoms with Crippen molar-refractivity contribution in [1.82, 2.24) is 10.2 Å². The van der Waals surface area contributed by atoms with Gasteiger partial charge in [0.05, 0.1) is 12.5 Å². The van der Waals surface area contributed by atoms with Crippen LogP contribution in [0.2, 0.25) is 0 Å². The van der Waals surface area contributed by atoms with Gasteiger partial charge >= 0.3 is 0 Å². The Bertz CT molecular complexity index is 362. The highest BCUT2D eigenvalue weighted by molar-refractivity contribution is 5.85. The van der Waals surface area contributed by atoms with Gasteiger partial charge in [0, 0.05) is 25.2 Å². The average Bonchev–Trinajstić information content (AvgIpc) is 2.39. The summed E-state index contributed by atoms with van der Waals surface area (Å²) >= 11 is 0. The Morgan fingerprint density at radius 3 is 2.21 bits per heavy atom. The van der Waals surface area contributed by atoms with Crippen molar-refractivity contribution >= 4 is 5.84 Å². The van der Waals surface area contributed by atoms with Crippen LogP contribution in [0.25, 0.3) is 0 Å². The Morgan fingerprint density at radius 1 is 1.21 bits per heavy atom. The Labute approximate surface area is 115 Å². The molecule has 1 heterocycles. The van der Waals surface area contributed by atoms with Crippen LogP contribution in [0, 0.1) is 22.8 Å². The van der Waals surface area contributed by atoms with Crippen LogP contribution in [0.15, 0.2) is 4.99 Å². The maximum Gasteiger partial charge on any atom is 0.207 e. The van der Waals surface area contributed by atoms with Crippen LogP contribution in [0.5, 0.6) is 0 Å². The van der Waals surface area contributed by atoms with E-state index >= 15 is 0 Å². The first-order valence-corrected chi connectivity index (χ1v) is 7.08. The van der Waals surface area contributed by atoms with Gasteiger partial charge in [-0.25, -0.2) is 0 Å². The van der Waals surface area contributed by atoms with E-state index in [0.717, 1.165) is 38.8 Å². The molecule has 2 atom stereocenters. The first kappa shape index (κ1) is 15.5. The lowest BCUT2D eigenvalue weighted by Crippen LogP contribution is -2.57. The molecule has 1 rings (SSSR count). The van der Waals surface area contributed by atoms with E-state index in [0.29, 0.717) is 17.9 Å². The second kappa shape index (κ2) is 8.50. The minimum absolute atomic E-state index is 0.214. The van der Waals surface area contributed by atoms with Crippen molar-refractivity contribution in [3.05, 3.63) is 0 Å². The summed E-state index contributed by atoms with van der Waals surface area (Å²) in [6, 6.07) is 2.96. The summed E-state index contributed by atoms with van der Waals surface area (Å²) in [5.41, 5.74) is 0. The molecule has 1 fully saturated rings. The number of amidine groups is 1. The van der Waals surface area contributed by atoms with Gasteiger partial charge in [0.25, 0.3) is 0 Å². The highest BCUT2D eigenvalue weighted by atomic mass is 15.3. The van der Waals surface area contributed by atoms with Crippen molar-refractivity contribution < 1.29 is 0 Å². The molecule has 0 aromatic heterocycles. The zero-order valence-corrected chi connectivity index (χ0v) is 11.9. The van der Waals surface area contributed by atoms with Crippen LogP contribution in [0.1, 0.15) is 46.0 Å². The van der Waals surface area contributed by atoms with Crippen molar-refractivity contribution in [3.8, 4) is 12.3 Å². The Balaban J connectivity index is 2.77. The molecule has 5 nitrogen and oxygen atoms in total. The molecule has 0 aromatic rings. The molecule has 1 aliphatic rings. The van der Waals surface area contributed by atoms with E-state index in [2.05, 4.69) is 35.1 Å². The minimum Gasteiger partial charge on any atom is -0.355 e. The standard InChI is InChI=1S/C14H23N5/c1-3-5-12-9-19(10-13(18-12)6-4-2)14(7-8-15)17-11-16/h12-13,18H,3-7,9-10H2,1-2H3/b17-14+. The third-order valence-corrected chi connectivity index (χ3v) is 3.41. The largest absolute Gasteiger partial charge is 0.355 e. The highest BCUT2D eigenvalue weighted by Crippen LogP contribution is 2.14. The lowest BCUT2D eigenvalue weighted by atomic mass is 10.0. The van der Waals surface area contributed by atoms with Gasteiger partial charge in [-0.3, -0.25) is 0 Å². The molecule has 1 saturated heterocycles. The molecule has 0 bridgehead atoms. The van der Waals surface area contributed by atoms with Gasteiger partial charge in [-0.15, -0.1) is 0 Å². The van der Waals surface area contributed by atoms with Crippen molar-refractivity contribution in [2.45, 2.75) is 58.0 Å². The predicted molar refractivity (Wildman–Crippen MR) is 75.4 cm³/mol. The van der Waals surface area contributed by atoms with Gasteiger partial charge in [-0.1, -0.05) is 26.7 Å². The number of aliphatic imine (C=N–C) groups is 1. The topological polar surface area (TPSA) is 75.2 Å². The quantitative estimate of drug-likeness (QED) is 0.467. The van der Waals surface area contributed by atoms with E-state index in [1.54, 1.807) is 0 Å². The summed E-state index contributed by atoms with van der Waals surface area (Å²) in [4.78, 5) is 5.94. The number of nitrogens with zero attached hydrogens (tertiary/aromatic N) is 4. The lowest BCUT2D eigenvalue weighted by Gasteiger charge is -2.40. The third kappa shape index (κ3) is 4.89. The molecule has 0 aromatic carbocycles. The second-order valence-corrected chi connectivity index (χ2v) is 5.01. The molecule has 0 amide bonds. The molecular formula is C14H23N5. The summed E-state index contributed by atoms with van der Waals surface area (Å²) < 4.78 is 0. The lowest BCUT2D eigenvalue weighted by molar-refractivity contribution is 0.216. The Hall–Kier alpha value is -1.59. The molecule has 104 valence electrons. The van der Waals surface area contributed by atoms with Gasteiger partial charge in [0.15, 0.2) is 0 Å². The van der Waals surface area contributed by atoms with Crippen LogP contribution in [-0.2, 0) is 0 Å². The van der Waals surface area contributed by atoms with E-state index in [1.807, 2.05) is 6.19 Å². The van der Waals surface area contributed by atoms with Crippen LogP contribution >= 0.6 is 0 Å². The number of nitriles is 2. The average molecular weight is 261 g/mol. The number of rotatable bonds is 5. The van der Waals surface area contributed by atoms with Crippen molar-refractivity contribution in [1.29, 1.82) is 10.5 Å². The number of nitrogens with one attached hydrogen (secondary N) is 1. The zero-order valence-electron chi connectivity index (χ0n) is 11.9. The van der Waals surface area contributed by atoms with E-state index in [1.165, 1.54) is 0 Å². The van der Waals surface area contributed by atoms with E-state index < -0.39 is 0 Å². The number of piperazine rings is 1. The minimum atomic E-state index is 0.214. The van der Waals surface area contributed by atoms with Crippen LogP contribution in [0.3, 0.4) is 0 Å². The molecule has 0 aliphatic carbocycles. The molecule has 0 radical (unpaired) electrons. The predicted octanol–water partition coefficient (Wildman–Crippen LogP) is 2.02. The number of hydrogen-bond donors (Lipinski definition) is 1. The molecule has 19 heavy (non-hydrogen) atoms. The molecule has 1 aliphatic heterocycles. The van der Waals surface area contributed by atoms with Gasteiger partial charge in [-0.05, 0) is 12.8 Å². The third-order valence-electron chi connectivity index (χ3n) is 3.41. The number of hydrogen-bond acceptors (Lipinski definition) is 4. The maximum atomic E-state index is 8.85. The summed E-state index contributed by atoms with van der Waals surface area (Å²) in [6.07, 6.45) is 6.52. The molecule has 2 unspecified atom stereocenters. The molecule has 0 saturated carbocycles. The molecule has 0 spiro atoms. The second-order valence-electron chi connectivity index (χ2n) is 5.01. The normalized spacial score (nSPS) is 23.8. The van der Waals surface area contributed by atoms with E-state index in [4.69, 9.17) is 10.5 Å². The Morgan fingerprint density at radius 2 is 1.79 bits per heavy atom. The van der Waals surface area contributed by atoms with Crippen molar-refractivity contribution in [2.24, 2.45) is 4.99 Å². The fraction of sp³-hybridized carbons (Fsp3) is 0.786. The zero-order chi connectivity index (χ0) is 14.1. The van der Waals surface area contributed by atoms with Crippen molar-refractivity contribution in [3.63, 3.8) is 0 Å². The molecule has 5 heteroatoms. The first-order valence-electron chi connectivity index (χ1n) is 7.08. The van der Waals surface area contributed by atoms with Crippen molar-refractivity contribution in [2.75, 3.05) is 13.1 Å². The summed E-state index contributed by atoms with van der Waals surface area (Å²) in [7, 11) is 0. The molecular weight excluding hydrogens is 238 g/mol. The fourth-order valence-corrected chi connectivity index (χ4v) is 2.65. The SMILES string of the molecule is CCCC1CN(/C(CC#N)=N/C#N)CC(CCC)N1. The van der Waals surface area contributed by atoms with E-state index in [-0.39, 0.29) is 6.42 Å². The van der Waals surface area contributed by atoms with Gasteiger partial charge < -0.3 is 10.2 Å². The van der Waals surface area contributed by atoms with Gasteiger partial charge in [0.2, 0.25) is 6.19 Å². The summed E-state index contributed by atoms with van der Waals surface area (Å²) in [5, 5.41) is 21.3. The van der Waals surface area contributed by atoms with E-state index in [9.17, 15) is 0 Å². The van der Waals surface area contributed by atoms with Crippen LogP contribution in [0.4, 0.5) is 0 Å². The molecule has 1 N–H and O–H groups in total. The smallest absolute Gasteiger partial charge is 0.207 e. The van der Waals surface area contributed by atoms with Gasteiger partial charge in [-0.2, -0.15) is 15.5 Å². The maximum absolute atomic E-state index is 8.85. The Kier molecular flexibility index (Phi) is 6.92. The van der Waals surface area contributed by atoms with Gasteiger partial charge in [0.1, 0.15) is 5.84 Å². The van der Waals surface area contributed by atoms with Crippen LogP contribution < -0.4 is 5.32 Å². The van der Waals surface area contributed by atoms with Crippen LogP contribution in [-0.4, -0.2) is 35.9 Å². The monoisotopic (exact) mass is 261 g/mol.